The van der Waals surface area contributed by atoms with Crippen molar-refractivity contribution in [2.45, 2.75) is 33.1 Å². The zero-order valence-corrected chi connectivity index (χ0v) is 18.7. The Labute approximate surface area is 187 Å². The SMILES string of the molecule is CCOC(=O)c1c(NC(=O)COC(=O)c2nc(Cl)ccc2Cl)sc2c1CCC(C)C2. The van der Waals surface area contributed by atoms with Gasteiger partial charge in [-0.1, -0.05) is 30.1 Å². The number of fused-ring (bicyclic) bond motifs is 1. The van der Waals surface area contributed by atoms with Gasteiger partial charge in [-0.15, -0.1) is 11.3 Å². The summed E-state index contributed by atoms with van der Waals surface area (Å²) >= 11 is 13.0. The van der Waals surface area contributed by atoms with E-state index in [1.807, 2.05) is 0 Å². The number of nitrogens with zero attached hydrogens (tertiary/aromatic N) is 1. The third-order valence-electron chi connectivity index (χ3n) is 4.58. The van der Waals surface area contributed by atoms with Crippen LogP contribution in [0.15, 0.2) is 12.1 Å². The highest BCUT2D eigenvalue weighted by Gasteiger charge is 2.29. The number of amides is 1. The van der Waals surface area contributed by atoms with Gasteiger partial charge in [-0.3, -0.25) is 4.79 Å². The lowest BCUT2D eigenvalue weighted by Gasteiger charge is -2.18. The average Bonchev–Trinajstić information content (AvgIpc) is 3.04. The van der Waals surface area contributed by atoms with E-state index in [9.17, 15) is 14.4 Å². The summed E-state index contributed by atoms with van der Waals surface area (Å²) in [6.45, 7) is 3.55. The number of thiophene rings is 1. The van der Waals surface area contributed by atoms with Crippen LogP contribution in [-0.4, -0.2) is 36.0 Å². The van der Waals surface area contributed by atoms with E-state index in [1.54, 1.807) is 6.92 Å². The number of carbonyl (C=O) groups is 3. The number of hydrogen-bond acceptors (Lipinski definition) is 7. The van der Waals surface area contributed by atoms with Gasteiger partial charge in [-0.25, -0.2) is 14.6 Å². The number of esters is 2. The smallest absolute Gasteiger partial charge is 0.359 e. The quantitative estimate of drug-likeness (QED) is 0.491. The van der Waals surface area contributed by atoms with Crippen LogP contribution in [-0.2, 0) is 27.1 Å². The highest BCUT2D eigenvalue weighted by Crippen LogP contribution is 2.40. The molecule has 3 rings (SSSR count). The summed E-state index contributed by atoms with van der Waals surface area (Å²) in [5, 5.41) is 3.23. The Bertz CT molecular complexity index is 992. The fourth-order valence-electron chi connectivity index (χ4n) is 3.18. The van der Waals surface area contributed by atoms with E-state index in [2.05, 4.69) is 17.2 Å². The minimum atomic E-state index is -0.873. The highest BCUT2D eigenvalue weighted by atomic mass is 35.5. The third-order valence-corrected chi connectivity index (χ3v) is 6.27. The lowest BCUT2D eigenvalue weighted by Crippen LogP contribution is -2.22. The van der Waals surface area contributed by atoms with Crippen LogP contribution in [0.25, 0.3) is 0 Å². The number of aromatic nitrogens is 1. The summed E-state index contributed by atoms with van der Waals surface area (Å²) < 4.78 is 10.2. The zero-order chi connectivity index (χ0) is 21.8. The first-order valence-corrected chi connectivity index (χ1v) is 11.0. The van der Waals surface area contributed by atoms with Crippen molar-refractivity contribution in [1.29, 1.82) is 0 Å². The number of hydrogen-bond donors (Lipinski definition) is 1. The van der Waals surface area contributed by atoms with Gasteiger partial charge in [0.2, 0.25) is 0 Å². The Balaban J connectivity index is 1.72. The predicted molar refractivity (Wildman–Crippen MR) is 115 cm³/mol. The minimum Gasteiger partial charge on any atom is -0.462 e. The molecule has 1 aliphatic carbocycles. The molecule has 30 heavy (non-hydrogen) atoms. The van der Waals surface area contributed by atoms with Gasteiger partial charge in [-0.2, -0.15) is 0 Å². The maximum absolute atomic E-state index is 12.5. The summed E-state index contributed by atoms with van der Waals surface area (Å²) in [5.74, 6) is -1.42. The first kappa shape index (κ1) is 22.5. The Morgan fingerprint density at radius 2 is 2.00 bits per heavy atom. The maximum Gasteiger partial charge on any atom is 0.359 e. The molecular weight excluding hydrogens is 451 g/mol. The van der Waals surface area contributed by atoms with E-state index < -0.39 is 24.5 Å². The lowest BCUT2D eigenvalue weighted by molar-refractivity contribution is -0.119. The molecule has 0 bridgehead atoms. The molecule has 2 aromatic heterocycles. The molecular formula is C20H20Cl2N2O5S. The van der Waals surface area contributed by atoms with Crippen LogP contribution in [0.4, 0.5) is 5.00 Å². The standard InChI is InChI=1S/C20H20Cl2N2O5S/c1-3-28-19(26)16-11-5-4-10(2)8-13(11)30-18(16)24-15(25)9-29-20(27)17-12(21)6-7-14(22)23-17/h6-7,10H,3-5,8-9H2,1-2H3,(H,24,25). The van der Waals surface area contributed by atoms with Crippen LogP contribution in [0.2, 0.25) is 10.2 Å². The van der Waals surface area contributed by atoms with Crippen molar-refractivity contribution in [3.8, 4) is 0 Å². The first-order chi connectivity index (χ1) is 14.3. The molecule has 0 spiro atoms. The van der Waals surface area contributed by atoms with Crippen molar-refractivity contribution in [2.75, 3.05) is 18.5 Å². The Kier molecular flexibility index (Phi) is 7.33. The number of anilines is 1. The number of carbonyl (C=O) groups excluding carboxylic acids is 3. The van der Waals surface area contributed by atoms with E-state index in [0.29, 0.717) is 16.5 Å². The van der Waals surface area contributed by atoms with E-state index >= 15 is 0 Å². The van der Waals surface area contributed by atoms with Crippen molar-refractivity contribution in [3.05, 3.63) is 44.0 Å². The Morgan fingerprint density at radius 1 is 1.23 bits per heavy atom. The second-order valence-corrected chi connectivity index (χ2v) is 8.76. The zero-order valence-electron chi connectivity index (χ0n) is 16.4. The van der Waals surface area contributed by atoms with Crippen LogP contribution in [0, 0.1) is 5.92 Å². The van der Waals surface area contributed by atoms with Gasteiger partial charge in [-0.05, 0) is 49.8 Å². The van der Waals surface area contributed by atoms with Gasteiger partial charge in [0.05, 0.1) is 17.2 Å². The first-order valence-electron chi connectivity index (χ1n) is 9.40. The van der Waals surface area contributed by atoms with Crippen molar-refractivity contribution >= 4 is 57.4 Å². The molecule has 2 heterocycles. The van der Waals surface area contributed by atoms with Crippen LogP contribution in [0.3, 0.4) is 0 Å². The van der Waals surface area contributed by atoms with E-state index in [4.69, 9.17) is 32.7 Å². The second-order valence-electron chi connectivity index (χ2n) is 6.87. The summed E-state index contributed by atoms with van der Waals surface area (Å²) in [6, 6.07) is 2.85. The summed E-state index contributed by atoms with van der Waals surface area (Å²) in [7, 11) is 0. The molecule has 0 saturated heterocycles. The highest BCUT2D eigenvalue weighted by molar-refractivity contribution is 7.17. The molecule has 7 nitrogen and oxygen atoms in total. The minimum absolute atomic E-state index is 0.0643. The molecule has 0 fully saturated rings. The van der Waals surface area contributed by atoms with E-state index in [-0.39, 0.29) is 22.5 Å². The second kappa shape index (κ2) is 9.76. The molecule has 10 heteroatoms. The number of pyridine rings is 1. The molecule has 0 aromatic carbocycles. The number of rotatable bonds is 6. The van der Waals surface area contributed by atoms with Crippen LogP contribution in [0.1, 0.15) is 51.6 Å². The van der Waals surface area contributed by atoms with Gasteiger partial charge < -0.3 is 14.8 Å². The fraction of sp³-hybridized carbons (Fsp3) is 0.400. The number of halogens is 2. The maximum atomic E-state index is 12.5. The van der Waals surface area contributed by atoms with Gasteiger partial charge >= 0.3 is 11.9 Å². The summed E-state index contributed by atoms with van der Waals surface area (Å²) in [5.41, 5.74) is 1.14. The molecule has 1 unspecified atom stereocenters. The molecule has 0 aliphatic heterocycles. The summed E-state index contributed by atoms with van der Waals surface area (Å²) in [6.07, 6.45) is 2.57. The van der Waals surface area contributed by atoms with Gasteiger partial charge in [0.25, 0.3) is 5.91 Å². The number of nitrogens with one attached hydrogen (secondary N) is 1. The normalized spacial score (nSPS) is 15.3. The topological polar surface area (TPSA) is 94.6 Å². The lowest BCUT2D eigenvalue weighted by atomic mass is 9.88. The fourth-order valence-corrected chi connectivity index (χ4v) is 4.93. The number of ether oxygens (including phenoxy) is 2. The molecule has 2 aromatic rings. The van der Waals surface area contributed by atoms with Gasteiger partial charge in [0, 0.05) is 4.88 Å². The molecule has 1 aliphatic rings. The monoisotopic (exact) mass is 470 g/mol. The third kappa shape index (κ3) is 5.11. The molecule has 1 N–H and O–H groups in total. The molecule has 160 valence electrons. The molecule has 0 saturated carbocycles. The van der Waals surface area contributed by atoms with Gasteiger partial charge in [0.15, 0.2) is 12.3 Å². The van der Waals surface area contributed by atoms with Crippen molar-refractivity contribution < 1.29 is 23.9 Å². The molecule has 0 radical (unpaired) electrons. The van der Waals surface area contributed by atoms with Crippen molar-refractivity contribution in [3.63, 3.8) is 0 Å². The molecule has 1 amide bonds. The van der Waals surface area contributed by atoms with Crippen LogP contribution >= 0.6 is 34.5 Å². The van der Waals surface area contributed by atoms with Crippen LogP contribution in [0.5, 0.6) is 0 Å². The Hall–Kier alpha value is -2.16. The van der Waals surface area contributed by atoms with Gasteiger partial charge in [0.1, 0.15) is 10.2 Å². The largest absolute Gasteiger partial charge is 0.462 e. The average molecular weight is 471 g/mol. The predicted octanol–water partition coefficient (Wildman–Crippen LogP) is 4.55. The van der Waals surface area contributed by atoms with E-state index in [0.717, 1.165) is 29.7 Å². The van der Waals surface area contributed by atoms with E-state index in [1.165, 1.54) is 23.5 Å². The molecule has 1 atom stereocenters. The Morgan fingerprint density at radius 3 is 2.73 bits per heavy atom. The van der Waals surface area contributed by atoms with Crippen molar-refractivity contribution in [2.24, 2.45) is 5.92 Å². The van der Waals surface area contributed by atoms with Crippen molar-refractivity contribution in [1.82, 2.24) is 4.98 Å². The summed E-state index contributed by atoms with van der Waals surface area (Å²) in [4.78, 5) is 41.9. The van der Waals surface area contributed by atoms with Crippen LogP contribution < -0.4 is 5.32 Å².